The number of nitrogens with one attached hydrogen (secondary N) is 1. The van der Waals surface area contributed by atoms with E-state index in [1.54, 1.807) is 19.3 Å². The van der Waals surface area contributed by atoms with Crippen LogP contribution >= 0.6 is 0 Å². The van der Waals surface area contributed by atoms with Crippen molar-refractivity contribution in [3.05, 3.63) is 52.6 Å². The maximum atomic E-state index is 12.9. The summed E-state index contributed by atoms with van der Waals surface area (Å²) in [4.78, 5) is 27.4. The lowest BCUT2D eigenvalue weighted by Crippen LogP contribution is -2.52. The van der Waals surface area contributed by atoms with Gasteiger partial charge in [-0.1, -0.05) is 12.1 Å². The third-order valence-electron chi connectivity index (χ3n) is 6.77. The molecule has 0 saturated carbocycles. The number of nitrogens with two attached hydrogens (primary N) is 1. The third kappa shape index (κ3) is 6.30. The number of carbonyl (C=O) groups is 1. The number of fused-ring (bicyclic) bond motifs is 1. The van der Waals surface area contributed by atoms with Crippen LogP contribution in [0.4, 0.5) is 5.69 Å². The van der Waals surface area contributed by atoms with Crippen molar-refractivity contribution in [3.63, 3.8) is 0 Å². The normalized spacial score (nSPS) is 17.4. The first kappa shape index (κ1) is 27.1. The zero-order valence-corrected chi connectivity index (χ0v) is 22.4. The number of unbranched alkanes of at least 4 members (excludes halogenated alkanes) is 1. The minimum absolute atomic E-state index is 0.00383. The Morgan fingerprint density at radius 3 is 2.70 bits per heavy atom. The summed E-state index contributed by atoms with van der Waals surface area (Å²) in [6.07, 6.45) is 4.92. The fourth-order valence-electron chi connectivity index (χ4n) is 4.70. The quantitative estimate of drug-likeness (QED) is 0.407. The molecule has 1 aromatic carbocycles. The lowest BCUT2D eigenvalue weighted by atomic mass is 10.0. The van der Waals surface area contributed by atoms with Crippen molar-refractivity contribution in [2.24, 2.45) is 12.8 Å². The second-order valence-electron chi connectivity index (χ2n) is 9.73. The molecule has 1 fully saturated rings. The Morgan fingerprint density at radius 1 is 1.22 bits per heavy atom. The van der Waals surface area contributed by atoms with E-state index in [9.17, 15) is 18.0 Å². The van der Waals surface area contributed by atoms with Crippen LogP contribution in [0.2, 0.25) is 0 Å². The molecule has 1 amide bonds. The standard InChI is InChI=1S/C26H35N5O5S/c1-18-15-31(37(3,34)35)12-11-30(18)16-21-14-22-25(36-21)23(17-29(2)26(22)33)19-7-6-8-20(13-19)28-24(32)9-4-5-10-27/h6-8,13-14,17-18H,4-5,9-12,15-16,27H2,1-3H3,(H,28,32)/t18-/m1/s1. The van der Waals surface area contributed by atoms with Gasteiger partial charge in [0, 0.05) is 56.6 Å². The van der Waals surface area contributed by atoms with Gasteiger partial charge in [0.2, 0.25) is 15.9 Å². The van der Waals surface area contributed by atoms with Crippen LogP contribution in [0.1, 0.15) is 31.9 Å². The second-order valence-corrected chi connectivity index (χ2v) is 11.7. The average molecular weight is 530 g/mol. The van der Waals surface area contributed by atoms with E-state index in [1.165, 1.54) is 15.1 Å². The number of aromatic nitrogens is 1. The highest BCUT2D eigenvalue weighted by Crippen LogP contribution is 2.31. The second kappa shape index (κ2) is 11.2. The summed E-state index contributed by atoms with van der Waals surface area (Å²) in [5, 5.41) is 3.41. The predicted molar refractivity (Wildman–Crippen MR) is 145 cm³/mol. The molecule has 3 aromatic rings. The number of rotatable bonds is 9. The summed E-state index contributed by atoms with van der Waals surface area (Å²) in [7, 11) is -1.53. The number of furan rings is 1. The van der Waals surface area contributed by atoms with Gasteiger partial charge in [-0.2, -0.15) is 4.31 Å². The van der Waals surface area contributed by atoms with Crippen LogP contribution < -0.4 is 16.6 Å². The number of piperazine rings is 1. The summed E-state index contributed by atoms with van der Waals surface area (Å²) >= 11 is 0. The largest absolute Gasteiger partial charge is 0.459 e. The number of hydrogen-bond donors (Lipinski definition) is 2. The van der Waals surface area contributed by atoms with Crippen LogP contribution in [0.3, 0.4) is 0 Å². The lowest BCUT2D eigenvalue weighted by Gasteiger charge is -2.38. The molecule has 3 N–H and O–H groups in total. The molecular formula is C26H35N5O5S. The smallest absolute Gasteiger partial charge is 0.261 e. The van der Waals surface area contributed by atoms with Crippen LogP contribution in [0.5, 0.6) is 0 Å². The van der Waals surface area contributed by atoms with E-state index in [1.807, 2.05) is 31.2 Å². The van der Waals surface area contributed by atoms with Crippen molar-refractivity contribution in [2.75, 3.05) is 37.8 Å². The zero-order valence-electron chi connectivity index (χ0n) is 21.6. The minimum atomic E-state index is -3.23. The molecule has 1 atom stereocenters. The molecule has 0 aliphatic carbocycles. The highest BCUT2D eigenvalue weighted by Gasteiger charge is 2.29. The summed E-state index contributed by atoms with van der Waals surface area (Å²) < 4.78 is 33.1. The molecule has 4 rings (SSSR count). The summed E-state index contributed by atoms with van der Waals surface area (Å²) in [5.74, 6) is 0.574. The Kier molecular flexibility index (Phi) is 8.17. The van der Waals surface area contributed by atoms with E-state index in [0.717, 1.165) is 24.0 Å². The van der Waals surface area contributed by atoms with Gasteiger partial charge in [-0.25, -0.2) is 8.42 Å². The SMILES string of the molecule is C[C@@H]1CN(S(C)(=O)=O)CCN1Cc1cc2c(=O)n(C)cc(-c3cccc(NC(=O)CCCCN)c3)c2o1. The van der Waals surface area contributed by atoms with Gasteiger partial charge in [-0.15, -0.1) is 0 Å². The van der Waals surface area contributed by atoms with Gasteiger partial charge in [0.25, 0.3) is 5.56 Å². The van der Waals surface area contributed by atoms with Crippen LogP contribution in [0.25, 0.3) is 22.1 Å². The van der Waals surface area contributed by atoms with Crippen molar-refractivity contribution in [1.82, 2.24) is 13.8 Å². The van der Waals surface area contributed by atoms with Crippen molar-refractivity contribution in [3.8, 4) is 11.1 Å². The summed E-state index contributed by atoms with van der Waals surface area (Å²) in [6, 6.07) is 9.25. The molecule has 11 heteroatoms. The van der Waals surface area contributed by atoms with E-state index < -0.39 is 10.0 Å². The van der Waals surface area contributed by atoms with Gasteiger partial charge in [0.05, 0.1) is 18.2 Å². The third-order valence-corrected chi connectivity index (χ3v) is 8.04. The van der Waals surface area contributed by atoms with Crippen molar-refractivity contribution in [1.29, 1.82) is 0 Å². The van der Waals surface area contributed by atoms with Crippen LogP contribution in [0.15, 0.2) is 45.7 Å². The number of anilines is 1. The highest BCUT2D eigenvalue weighted by atomic mass is 32.2. The van der Waals surface area contributed by atoms with Gasteiger partial charge in [0.15, 0.2) is 0 Å². The first-order chi connectivity index (χ1) is 17.6. The van der Waals surface area contributed by atoms with Gasteiger partial charge in [-0.3, -0.25) is 14.5 Å². The molecule has 0 unspecified atom stereocenters. The van der Waals surface area contributed by atoms with Crippen molar-refractivity contribution >= 4 is 32.6 Å². The Balaban J connectivity index is 1.59. The van der Waals surface area contributed by atoms with Gasteiger partial charge >= 0.3 is 0 Å². The van der Waals surface area contributed by atoms with E-state index in [0.29, 0.717) is 61.6 Å². The lowest BCUT2D eigenvalue weighted by molar-refractivity contribution is -0.116. The maximum absolute atomic E-state index is 12.9. The minimum Gasteiger partial charge on any atom is -0.459 e. The highest BCUT2D eigenvalue weighted by molar-refractivity contribution is 7.88. The topological polar surface area (TPSA) is 131 Å². The first-order valence-corrected chi connectivity index (χ1v) is 14.3. The number of pyridine rings is 1. The number of nitrogens with zero attached hydrogens (tertiary/aromatic N) is 3. The number of sulfonamides is 1. The number of carbonyl (C=O) groups excluding carboxylic acids is 1. The molecule has 0 spiro atoms. The molecule has 1 aliphatic rings. The number of hydrogen-bond acceptors (Lipinski definition) is 7. The monoisotopic (exact) mass is 529 g/mol. The maximum Gasteiger partial charge on any atom is 0.261 e. The van der Waals surface area contributed by atoms with Crippen molar-refractivity contribution < 1.29 is 17.6 Å². The molecule has 200 valence electrons. The molecule has 10 nitrogen and oxygen atoms in total. The van der Waals surface area contributed by atoms with E-state index in [2.05, 4.69) is 10.2 Å². The number of benzene rings is 1. The Hall–Kier alpha value is -2.99. The Morgan fingerprint density at radius 2 is 2.00 bits per heavy atom. The predicted octanol–water partition coefficient (Wildman–Crippen LogP) is 2.33. The molecule has 3 heterocycles. The average Bonchev–Trinajstić information content (AvgIpc) is 3.26. The number of amides is 1. The van der Waals surface area contributed by atoms with E-state index in [4.69, 9.17) is 10.2 Å². The molecule has 0 bridgehead atoms. The van der Waals surface area contributed by atoms with Gasteiger partial charge in [-0.05, 0) is 50.1 Å². The van der Waals surface area contributed by atoms with Crippen molar-refractivity contribution in [2.45, 2.75) is 38.8 Å². The molecule has 1 aliphatic heterocycles. The molecule has 37 heavy (non-hydrogen) atoms. The van der Waals surface area contributed by atoms with Gasteiger partial charge < -0.3 is 20.0 Å². The van der Waals surface area contributed by atoms with Gasteiger partial charge in [0.1, 0.15) is 11.3 Å². The van der Waals surface area contributed by atoms with Crippen LogP contribution in [-0.2, 0) is 28.4 Å². The molecular weight excluding hydrogens is 494 g/mol. The Bertz CT molecular complexity index is 1450. The summed E-state index contributed by atoms with van der Waals surface area (Å²) in [5.41, 5.74) is 8.08. The number of aryl methyl sites for hydroxylation is 1. The van der Waals surface area contributed by atoms with E-state index in [-0.39, 0.29) is 17.5 Å². The molecule has 2 aromatic heterocycles. The Labute approximate surface area is 217 Å². The van der Waals surface area contributed by atoms with E-state index >= 15 is 0 Å². The fourth-order valence-corrected chi connectivity index (χ4v) is 5.60. The molecule has 0 radical (unpaired) electrons. The molecule has 1 saturated heterocycles. The van der Waals surface area contributed by atoms with Crippen LogP contribution in [-0.4, -0.2) is 66.6 Å². The fraction of sp³-hybridized carbons (Fsp3) is 0.462. The zero-order chi connectivity index (χ0) is 26.7. The first-order valence-electron chi connectivity index (χ1n) is 12.5. The summed E-state index contributed by atoms with van der Waals surface area (Å²) in [6.45, 7) is 4.42. The van der Waals surface area contributed by atoms with Crippen LogP contribution in [0, 0.1) is 0 Å².